The number of carbonyl (C=O) groups excluding carboxylic acids is 2. The maximum Gasteiger partial charge on any atom is 0.410 e. The molecule has 2 heterocycles. The van der Waals surface area contributed by atoms with Gasteiger partial charge in [0.25, 0.3) is 0 Å². The van der Waals surface area contributed by atoms with Gasteiger partial charge in [0, 0.05) is 43.9 Å². The van der Waals surface area contributed by atoms with Gasteiger partial charge in [-0.15, -0.1) is 0 Å². The Balaban J connectivity index is 2.04. The fourth-order valence-corrected chi connectivity index (χ4v) is 2.88. The minimum atomic E-state index is -0.489. The summed E-state index contributed by atoms with van der Waals surface area (Å²) in [4.78, 5) is 26.6. The van der Waals surface area contributed by atoms with Crippen LogP contribution in [0.5, 0.6) is 0 Å². The molecule has 0 bridgehead atoms. The third-order valence-corrected chi connectivity index (χ3v) is 4.65. The van der Waals surface area contributed by atoms with Crippen LogP contribution in [0.2, 0.25) is 0 Å². The number of rotatable bonds is 5. The Labute approximate surface area is 149 Å². The topological polar surface area (TPSA) is 67.7 Å². The number of carbonyl (C=O) groups is 2. The van der Waals surface area contributed by atoms with Gasteiger partial charge in [0.05, 0.1) is 12.2 Å². The smallest absolute Gasteiger partial charge is 0.410 e. The highest BCUT2D eigenvalue weighted by Crippen LogP contribution is 2.23. The number of aromatic nitrogens is 2. The van der Waals surface area contributed by atoms with Crippen LogP contribution in [-0.4, -0.2) is 57.3 Å². The zero-order chi connectivity index (χ0) is 18.8. The lowest BCUT2D eigenvalue weighted by atomic mass is 10.1. The van der Waals surface area contributed by atoms with E-state index in [1.807, 2.05) is 39.3 Å². The largest absolute Gasteiger partial charge is 0.444 e. The molecule has 1 atom stereocenters. The molecule has 2 rings (SSSR count). The number of hydrogen-bond acceptors (Lipinski definition) is 4. The first kappa shape index (κ1) is 19.3. The van der Waals surface area contributed by atoms with Gasteiger partial charge in [0.2, 0.25) is 6.41 Å². The van der Waals surface area contributed by atoms with Crippen LogP contribution in [0.25, 0.3) is 0 Å². The molecule has 25 heavy (non-hydrogen) atoms. The molecule has 1 aromatic heterocycles. The second kappa shape index (κ2) is 7.45. The zero-order valence-corrected chi connectivity index (χ0v) is 16.2. The summed E-state index contributed by atoms with van der Waals surface area (Å²) in [6.07, 6.45) is 2.16. The van der Waals surface area contributed by atoms with Crippen LogP contribution in [0.1, 0.15) is 51.1 Å². The molecule has 0 fully saturated rings. The van der Waals surface area contributed by atoms with Gasteiger partial charge in [-0.1, -0.05) is 0 Å². The second-order valence-electron chi connectivity index (χ2n) is 7.79. The van der Waals surface area contributed by atoms with Gasteiger partial charge in [0.1, 0.15) is 5.60 Å². The molecule has 0 aliphatic carbocycles. The Hall–Kier alpha value is -2.05. The van der Waals surface area contributed by atoms with Crippen molar-refractivity contribution in [2.75, 3.05) is 13.6 Å². The minimum Gasteiger partial charge on any atom is -0.444 e. The summed E-state index contributed by atoms with van der Waals surface area (Å²) in [6.45, 7) is 11.6. The zero-order valence-electron chi connectivity index (χ0n) is 16.2. The molecule has 0 N–H and O–H groups in total. The van der Waals surface area contributed by atoms with Crippen molar-refractivity contribution in [3.8, 4) is 0 Å². The van der Waals surface area contributed by atoms with Crippen molar-refractivity contribution < 1.29 is 14.3 Å². The predicted octanol–water partition coefficient (Wildman–Crippen LogP) is 2.35. The molecule has 2 amide bonds. The summed E-state index contributed by atoms with van der Waals surface area (Å²) in [5, 5.41) is 4.71. The molecule has 0 radical (unpaired) electrons. The average Bonchev–Trinajstić information content (AvgIpc) is 2.86. The molecule has 7 nitrogen and oxygen atoms in total. The molecule has 1 unspecified atom stereocenters. The lowest BCUT2D eigenvalue weighted by Gasteiger charge is -2.29. The van der Waals surface area contributed by atoms with Crippen LogP contribution in [-0.2, 0) is 29.0 Å². The summed E-state index contributed by atoms with van der Waals surface area (Å²) >= 11 is 0. The van der Waals surface area contributed by atoms with Crippen molar-refractivity contribution >= 4 is 12.5 Å². The molecule has 1 aliphatic heterocycles. The van der Waals surface area contributed by atoms with Gasteiger partial charge >= 0.3 is 6.09 Å². The highest BCUT2D eigenvalue weighted by Gasteiger charge is 2.28. The van der Waals surface area contributed by atoms with Crippen molar-refractivity contribution in [2.24, 2.45) is 0 Å². The quantitative estimate of drug-likeness (QED) is 0.765. The highest BCUT2D eigenvalue weighted by molar-refractivity contribution is 5.68. The first-order chi connectivity index (χ1) is 11.6. The molecule has 1 aromatic rings. The fraction of sp³-hybridized carbons (Fsp3) is 0.722. The van der Waals surface area contributed by atoms with Gasteiger partial charge < -0.3 is 14.5 Å². The minimum absolute atomic E-state index is 0.163. The molecule has 0 spiro atoms. The van der Waals surface area contributed by atoms with Crippen LogP contribution in [0.15, 0.2) is 0 Å². The van der Waals surface area contributed by atoms with Crippen LogP contribution >= 0.6 is 0 Å². The van der Waals surface area contributed by atoms with Crippen molar-refractivity contribution in [1.82, 2.24) is 19.6 Å². The van der Waals surface area contributed by atoms with Crippen molar-refractivity contribution in [1.29, 1.82) is 0 Å². The summed E-state index contributed by atoms with van der Waals surface area (Å²) in [6, 6.07) is 0.163. The van der Waals surface area contributed by atoms with E-state index in [-0.39, 0.29) is 12.1 Å². The van der Waals surface area contributed by atoms with Crippen molar-refractivity contribution in [3.05, 3.63) is 17.0 Å². The molecular weight excluding hydrogens is 320 g/mol. The van der Waals surface area contributed by atoms with Crippen molar-refractivity contribution in [3.63, 3.8) is 0 Å². The van der Waals surface area contributed by atoms with Crippen LogP contribution in [0, 0.1) is 6.92 Å². The van der Waals surface area contributed by atoms with Crippen LogP contribution < -0.4 is 0 Å². The number of amides is 2. The van der Waals surface area contributed by atoms with E-state index in [4.69, 9.17) is 9.84 Å². The molecule has 0 saturated carbocycles. The number of hydrogen-bond donors (Lipinski definition) is 0. The van der Waals surface area contributed by atoms with Gasteiger partial charge in [-0.2, -0.15) is 5.10 Å². The van der Waals surface area contributed by atoms with E-state index >= 15 is 0 Å². The summed E-state index contributed by atoms with van der Waals surface area (Å²) in [5.74, 6) is 0. The van der Waals surface area contributed by atoms with E-state index in [9.17, 15) is 9.59 Å². The second-order valence-corrected chi connectivity index (χ2v) is 7.79. The Morgan fingerprint density at radius 3 is 2.72 bits per heavy atom. The standard InChI is InChI=1S/C18H30N4O3/c1-13(20(6)12-23)7-10-22-14(2)15-11-21(9-8-16(15)19-22)17(24)25-18(3,4)5/h12-13H,7-11H2,1-6H3. The summed E-state index contributed by atoms with van der Waals surface area (Å²) < 4.78 is 7.48. The third kappa shape index (κ3) is 4.74. The number of ether oxygens (including phenoxy) is 1. The average molecular weight is 350 g/mol. The Morgan fingerprint density at radius 1 is 1.44 bits per heavy atom. The van der Waals surface area contributed by atoms with Gasteiger partial charge in [-0.05, 0) is 41.0 Å². The van der Waals surface area contributed by atoms with Gasteiger partial charge in [-0.3, -0.25) is 9.48 Å². The Kier molecular flexibility index (Phi) is 5.75. The molecule has 7 heteroatoms. The van der Waals surface area contributed by atoms with Crippen LogP contribution in [0.3, 0.4) is 0 Å². The first-order valence-corrected chi connectivity index (χ1v) is 8.82. The monoisotopic (exact) mass is 350 g/mol. The van der Waals surface area contributed by atoms with Crippen molar-refractivity contribution in [2.45, 2.75) is 72.2 Å². The van der Waals surface area contributed by atoms with E-state index in [0.29, 0.717) is 13.1 Å². The molecule has 140 valence electrons. The van der Waals surface area contributed by atoms with E-state index in [0.717, 1.165) is 42.7 Å². The number of nitrogens with zero attached hydrogens (tertiary/aromatic N) is 4. The molecule has 1 aliphatic rings. The molecule has 0 aromatic carbocycles. The van der Waals surface area contributed by atoms with E-state index in [1.165, 1.54) is 0 Å². The van der Waals surface area contributed by atoms with E-state index in [1.54, 1.807) is 16.8 Å². The maximum absolute atomic E-state index is 12.3. The lowest BCUT2D eigenvalue weighted by molar-refractivity contribution is -0.118. The Morgan fingerprint density at radius 2 is 2.12 bits per heavy atom. The Bertz CT molecular complexity index is 633. The third-order valence-electron chi connectivity index (χ3n) is 4.65. The summed E-state index contributed by atoms with van der Waals surface area (Å²) in [5.41, 5.74) is 2.78. The fourth-order valence-electron chi connectivity index (χ4n) is 2.88. The first-order valence-electron chi connectivity index (χ1n) is 8.82. The number of fused-ring (bicyclic) bond motifs is 1. The van der Waals surface area contributed by atoms with E-state index in [2.05, 4.69) is 0 Å². The van der Waals surface area contributed by atoms with E-state index < -0.39 is 5.60 Å². The number of aryl methyl sites for hydroxylation is 1. The lowest BCUT2D eigenvalue weighted by Crippen LogP contribution is -2.39. The van der Waals surface area contributed by atoms with Gasteiger partial charge in [-0.25, -0.2) is 4.79 Å². The van der Waals surface area contributed by atoms with Gasteiger partial charge in [0.15, 0.2) is 0 Å². The molecular formula is C18H30N4O3. The summed E-state index contributed by atoms with van der Waals surface area (Å²) in [7, 11) is 1.79. The molecule has 0 saturated heterocycles. The predicted molar refractivity (Wildman–Crippen MR) is 95.2 cm³/mol. The SMILES string of the molecule is Cc1c2c(nn1CCC(C)N(C)C=O)CCN(C(=O)OC(C)(C)C)C2. The normalized spacial score (nSPS) is 15.5. The highest BCUT2D eigenvalue weighted by atomic mass is 16.6. The van der Waals surface area contributed by atoms with Crippen LogP contribution in [0.4, 0.5) is 4.79 Å². The maximum atomic E-state index is 12.3.